The van der Waals surface area contributed by atoms with E-state index in [0.717, 1.165) is 25.9 Å². The Morgan fingerprint density at radius 2 is 2.17 bits per heavy atom. The van der Waals surface area contributed by atoms with Crippen molar-refractivity contribution >= 4 is 33.3 Å². The fourth-order valence-electron chi connectivity index (χ4n) is 1.57. The monoisotopic (exact) mass is 320 g/mol. The quantitative estimate of drug-likeness (QED) is 0.726. The third kappa shape index (κ3) is 2.13. The van der Waals surface area contributed by atoms with Crippen LogP contribution in [0.4, 0.5) is 0 Å². The predicted octanol–water partition coefficient (Wildman–Crippen LogP) is 3.35. The number of halogens is 1. The molecular formula is C12H9BrN4S. The van der Waals surface area contributed by atoms with E-state index in [1.165, 1.54) is 11.8 Å². The first-order valence-corrected chi connectivity index (χ1v) is 6.95. The van der Waals surface area contributed by atoms with Crippen LogP contribution in [0, 0.1) is 6.92 Å². The van der Waals surface area contributed by atoms with Crippen LogP contribution < -0.4 is 0 Å². The van der Waals surface area contributed by atoms with Crippen LogP contribution in [0.1, 0.15) is 5.56 Å². The highest BCUT2D eigenvalue weighted by atomic mass is 79.9. The summed E-state index contributed by atoms with van der Waals surface area (Å²) < 4.78 is 2.92. The number of hydrogen-bond acceptors (Lipinski definition) is 4. The smallest absolute Gasteiger partial charge is 0.201 e. The third-order valence-corrected chi connectivity index (χ3v) is 4.26. The van der Waals surface area contributed by atoms with E-state index in [1.54, 1.807) is 0 Å². The molecule has 90 valence electrons. The number of hydrogen-bond donors (Lipinski definition) is 0. The number of rotatable bonds is 2. The fraction of sp³-hybridized carbons (Fsp3) is 0.0833. The largest absolute Gasteiger partial charge is 0.277 e. The lowest BCUT2D eigenvalue weighted by Gasteiger charge is -2.02. The van der Waals surface area contributed by atoms with E-state index in [-0.39, 0.29) is 0 Å². The molecule has 0 N–H and O–H groups in total. The Hall–Kier alpha value is -1.40. The van der Waals surface area contributed by atoms with Gasteiger partial charge < -0.3 is 0 Å². The maximum Gasteiger partial charge on any atom is 0.201 e. The van der Waals surface area contributed by atoms with Gasteiger partial charge in [0.1, 0.15) is 5.03 Å². The van der Waals surface area contributed by atoms with Crippen LogP contribution in [0.15, 0.2) is 51.3 Å². The van der Waals surface area contributed by atoms with E-state index >= 15 is 0 Å². The second kappa shape index (κ2) is 4.70. The number of fused-ring (bicyclic) bond motifs is 1. The van der Waals surface area contributed by atoms with Gasteiger partial charge in [-0.15, -0.1) is 10.2 Å². The molecule has 0 atom stereocenters. The maximum atomic E-state index is 4.39. The number of nitrogens with zero attached hydrogens (tertiary/aromatic N) is 4. The summed E-state index contributed by atoms with van der Waals surface area (Å²) in [5, 5.41) is 9.98. The minimum absolute atomic E-state index is 0.808. The van der Waals surface area contributed by atoms with Crippen LogP contribution in [-0.4, -0.2) is 19.6 Å². The van der Waals surface area contributed by atoms with E-state index < -0.39 is 0 Å². The molecule has 3 aromatic heterocycles. The molecular weight excluding hydrogens is 312 g/mol. The summed E-state index contributed by atoms with van der Waals surface area (Å²) in [6, 6.07) is 7.86. The van der Waals surface area contributed by atoms with Gasteiger partial charge in [0.15, 0.2) is 5.65 Å². The first kappa shape index (κ1) is 11.7. The van der Waals surface area contributed by atoms with E-state index in [9.17, 15) is 0 Å². The molecule has 0 saturated carbocycles. The zero-order chi connectivity index (χ0) is 12.5. The van der Waals surface area contributed by atoms with Crippen molar-refractivity contribution in [2.24, 2.45) is 0 Å². The Balaban J connectivity index is 2.01. The molecule has 0 amide bonds. The van der Waals surface area contributed by atoms with Crippen LogP contribution in [0.5, 0.6) is 0 Å². The van der Waals surface area contributed by atoms with E-state index in [1.807, 2.05) is 48.0 Å². The van der Waals surface area contributed by atoms with Gasteiger partial charge in [-0.1, -0.05) is 6.07 Å². The highest BCUT2D eigenvalue weighted by molar-refractivity contribution is 9.10. The van der Waals surface area contributed by atoms with Crippen molar-refractivity contribution in [2.75, 3.05) is 0 Å². The van der Waals surface area contributed by atoms with Crippen LogP contribution in [0.25, 0.3) is 5.65 Å². The molecule has 0 aliphatic rings. The number of pyridine rings is 2. The molecule has 0 spiro atoms. The molecule has 0 fully saturated rings. The summed E-state index contributed by atoms with van der Waals surface area (Å²) >= 11 is 5.01. The second-order valence-electron chi connectivity index (χ2n) is 3.81. The lowest BCUT2D eigenvalue weighted by molar-refractivity contribution is 0.915. The zero-order valence-corrected chi connectivity index (χ0v) is 11.9. The van der Waals surface area contributed by atoms with Crippen molar-refractivity contribution in [3.8, 4) is 0 Å². The Morgan fingerprint density at radius 1 is 1.28 bits per heavy atom. The van der Waals surface area contributed by atoms with E-state index in [2.05, 4.69) is 31.1 Å². The predicted molar refractivity (Wildman–Crippen MR) is 73.8 cm³/mol. The number of aromatic nitrogens is 4. The summed E-state index contributed by atoms with van der Waals surface area (Å²) in [6.07, 6.45) is 3.79. The van der Waals surface area contributed by atoms with E-state index in [4.69, 9.17) is 0 Å². The Kier molecular flexibility index (Phi) is 3.05. The van der Waals surface area contributed by atoms with E-state index in [0.29, 0.717) is 0 Å². The lowest BCUT2D eigenvalue weighted by Crippen LogP contribution is -1.89. The zero-order valence-electron chi connectivity index (χ0n) is 9.54. The minimum Gasteiger partial charge on any atom is -0.277 e. The summed E-state index contributed by atoms with van der Waals surface area (Å²) in [6.45, 7) is 2.01. The molecule has 0 radical (unpaired) electrons. The Bertz CT molecular complexity index is 710. The van der Waals surface area contributed by atoms with Crippen molar-refractivity contribution in [1.82, 2.24) is 19.6 Å². The number of aryl methyl sites for hydroxylation is 1. The maximum absolute atomic E-state index is 4.39. The Labute approximate surface area is 117 Å². The third-order valence-electron chi connectivity index (χ3n) is 2.41. The first-order chi connectivity index (χ1) is 8.74. The average Bonchev–Trinajstić information content (AvgIpc) is 2.76. The molecule has 0 bridgehead atoms. The minimum atomic E-state index is 0.808. The SMILES string of the molecule is Cc1cnc(Sc2nnc3ccccn23)c(Br)c1. The normalized spacial score (nSPS) is 11.0. The molecule has 6 heteroatoms. The molecule has 0 unspecified atom stereocenters. The van der Waals surface area contributed by atoms with Gasteiger partial charge in [0.25, 0.3) is 0 Å². The summed E-state index contributed by atoms with van der Waals surface area (Å²) in [7, 11) is 0. The molecule has 3 rings (SSSR count). The van der Waals surface area contributed by atoms with Crippen LogP contribution >= 0.6 is 27.7 Å². The topological polar surface area (TPSA) is 43.1 Å². The van der Waals surface area contributed by atoms with Crippen molar-refractivity contribution in [2.45, 2.75) is 17.1 Å². The van der Waals surface area contributed by atoms with Gasteiger partial charge in [-0.05, 0) is 58.4 Å². The van der Waals surface area contributed by atoms with Crippen molar-refractivity contribution in [1.29, 1.82) is 0 Å². The average molecular weight is 321 g/mol. The highest BCUT2D eigenvalue weighted by Gasteiger charge is 2.10. The molecule has 4 nitrogen and oxygen atoms in total. The second-order valence-corrected chi connectivity index (χ2v) is 5.62. The van der Waals surface area contributed by atoms with Crippen molar-refractivity contribution in [3.05, 3.63) is 46.7 Å². The molecule has 0 aliphatic heterocycles. The summed E-state index contributed by atoms with van der Waals surface area (Å²) in [5.74, 6) is 0. The highest BCUT2D eigenvalue weighted by Crippen LogP contribution is 2.31. The van der Waals surface area contributed by atoms with Gasteiger partial charge in [0.2, 0.25) is 5.16 Å². The summed E-state index contributed by atoms with van der Waals surface area (Å²) in [4.78, 5) is 4.39. The van der Waals surface area contributed by atoms with Crippen LogP contribution in [0.2, 0.25) is 0 Å². The van der Waals surface area contributed by atoms with Gasteiger partial charge in [0.05, 0.1) is 4.47 Å². The molecule has 0 aromatic carbocycles. The molecule has 18 heavy (non-hydrogen) atoms. The van der Waals surface area contributed by atoms with Crippen molar-refractivity contribution in [3.63, 3.8) is 0 Å². The van der Waals surface area contributed by atoms with Gasteiger partial charge in [-0.3, -0.25) is 4.40 Å². The van der Waals surface area contributed by atoms with Crippen molar-refractivity contribution < 1.29 is 0 Å². The van der Waals surface area contributed by atoms with Crippen LogP contribution in [-0.2, 0) is 0 Å². The molecule has 0 aliphatic carbocycles. The van der Waals surface area contributed by atoms with Gasteiger partial charge in [-0.2, -0.15) is 0 Å². The molecule has 0 saturated heterocycles. The first-order valence-electron chi connectivity index (χ1n) is 5.34. The molecule has 3 heterocycles. The van der Waals surface area contributed by atoms with Gasteiger partial charge in [-0.25, -0.2) is 4.98 Å². The molecule has 3 aromatic rings. The fourth-order valence-corrected chi connectivity index (χ4v) is 3.05. The summed E-state index contributed by atoms with van der Waals surface area (Å²) in [5.41, 5.74) is 1.96. The Morgan fingerprint density at radius 3 is 3.00 bits per heavy atom. The van der Waals surface area contributed by atoms with Crippen LogP contribution in [0.3, 0.4) is 0 Å². The lowest BCUT2D eigenvalue weighted by atomic mass is 10.3. The van der Waals surface area contributed by atoms with Gasteiger partial charge >= 0.3 is 0 Å². The standard InChI is InChI=1S/C12H9BrN4S/c1-8-6-9(13)11(14-7-8)18-12-16-15-10-4-2-3-5-17(10)12/h2-7H,1H3. The van der Waals surface area contributed by atoms with Gasteiger partial charge in [0, 0.05) is 12.4 Å².